The molecule has 1 N–H and O–H groups in total. The lowest BCUT2D eigenvalue weighted by Crippen LogP contribution is -2.38. The molecule has 0 unspecified atom stereocenters. The summed E-state index contributed by atoms with van der Waals surface area (Å²) in [6.07, 6.45) is 6.46. The van der Waals surface area contributed by atoms with E-state index in [-0.39, 0.29) is 0 Å². The van der Waals surface area contributed by atoms with Crippen molar-refractivity contribution in [2.45, 2.75) is 57.9 Å². The highest BCUT2D eigenvalue weighted by atomic mass is 15.2. The largest absolute Gasteiger partial charge is 0.370 e. The number of nitrogens with zero attached hydrogens (tertiary/aromatic N) is 3. The van der Waals surface area contributed by atoms with Gasteiger partial charge in [-0.3, -0.25) is 0 Å². The van der Waals surface area contributed by atoms with Gasteiger partial charge in [0, 0.05) is 31.1 Å². The zero-order valence-electron chi connectivity index (χ0n) is 12.2. The molecule has 4 heteroatoms. The first-order valence-corrected chi connectivity index (χ1v) is 7.56. The fourth-order valence-corrected chi connectivity index (χ4v) is 2.68. The zero-order valence-corrected chi connectivity index (χ0v) is 12.2. The van der Waals surface area contributed by atoms with Crippen LogP contribution in [0.25, 0.3) is 0 Å². The van der Waals surface area contributed by atoms with Crippen LogP contribution >= 0.6 is 0 Å². The topological polar surface area (TPSA) is 41.1 Å². The molecule has 0 atom stereocenters. The van der Waals surface area contributed by atoms with Crippen molar-refractivity contribution in [3.8, 4) is 0 Å². The fraction of sp³-hybridized carbons (Fsp3) is 0.733. The Bertz CT molecular complexity index is 463. The van der Waals surface area contributed by atoms with Crippen LogP contribution in [-0.4, -0.2) is 29.6 Å². The predicted molar refractivity (Wildman–Crippen MR) is 78.9 cm³/mol. The van der Waals surface area contributed by atoms with Gasteiger partial charge < -0.3 is 10.2 Å². The van der Waals surface area contributed by atoms with E-state index in [2.05, 4.69) is 31.1 Å². The van der Waals surface area contributed by atoms with E-state index in [0.717, 1.165) is 24.0 Å². The second-order valence-electron chi connectivity index (χ2n) is 5.88. The van der Waals surface area contributed by atoms with Gasteiger partial charge in [0.15, 0.2) is 0 Å². The van der Waals surface area contributed by atoms with Crippen molar-refractivity contribution < 1.29 is 0 Å². The van der Waals surface area contributed by atoms with Gasteiger partial charge in [0.05, 0.1) is 0 Å². The highest BCUT2D eigenvalue weighted by molar-refractivity contribution is 5.59. The molecule has 19 heavy (non-hydrogen) atoms. The number of rotatable bonds is 5. The lowest BCUT2D eigenvalue weighted by Gasteiger charge is -2.36. The van der Waals surface area contributed by atoms with E-state index in [1.165, 1.54) is 37.7 Å². The van der Waals surface area contributed by atoms with E-state index >= 15 is 0 Å². The molecule has 4 nitrogen and oxygen atoms in total. The molecule has 2 saturated carbocycles. The smallest absolute Gasteiger partial charge is 0.137 e. The fourth-order valence-electron chi connectivity index (χ4n) is 2.68. The molecule has 0 aromatic carbocycles. The maximum atomic E-state index is 4.85. The molecule has 3 rings (SSSR count). The molecule has 104 valence electrons. The minimum Gasteiger partial charge on any atom is -0.370 e. The first-order chi connectivity index (χ1) is 9.20. The summed E-state index contributed by atoms with van der Waals surface area (Å²) in [5.74, 6) is 3.81. The molecule has 0 bridgehead atoms. The van der Waals surface area contributed by atoms with Crippen LogP contribution in [0.1, 0.15) is 56.3 Å². The second kappa shape index (κ2) is 4.99. The summed E-state index contributed by atoms with van der Waals surface area (Å²) in [7, 11) is 2.19. The quantitative estimate of drug-likeness (QED) is 0.883. The standard InChI is InChI=1S/C15H24N4/c1-4-16-13-10(2)15(19(3)12-6-5-7-12)18-14(17-13)11-8-9-11/h11-12H,4-9H2,1-3H3,(H,16,17,18). The van der Waals surface area contributed by atoms with Crippen molar-refractivity contribution in [2.24, 2.45) is 0 Å². The second-order valence-corrected chi connectivity index (χ2v) is 5.88. The average molecular weight is 260 g/mol. The highest BCUT2D eigenvalue weighted by Crippen LogP contribution is 2.40. The molecule has 0 spiro atoms. The Morgan fingerprint density at radius 2 is 1.95 bits per heavy atom. The van der Waals surface area contributed by atoms with Crippen LogP contribution in [0.5, 0.6) is 0 Å². The Morgan fingerprint density at radius 3 is 2.47 bits per heavy atom. The van der Waals surface area contributed by atoms with Gasteiger partial charge in [-0.2, -0.15) is 0 Å². The van der Waals surface area contributed by atoms with Crippen molar-refractivity contribution in [1.29, 1.82) is 0 Å². The van der Waals surface area contributed by atoms with Crippen molar-refractivity contribution in [2.75, 3.05) is 23.8 Å². The molecule has 1 aromatic rings. The van der Waals surface area contributed by atoms with Gasteiger partial charge in [-0.25, -0.2) is 9.97 Å². The van der Waals surface area contributed by atoms with Crippen molar-refractivity contribution in [3.63, 3.8) is 0 Å². The number of aromatic nitrogens is 2. The molecule has 0 radical (unpaired) electrons. The number of anilines is 2. The average Bonchev–Trinajstić information content (AvgIpc) is 3.13. The minimum atomic E-state index is 0.603. The Morgan fingerprint density at radius 1 is 1.21 bits per heavy atom. The predicted octanol–water partition coefficient (Wildman–Crippen LogP) is 3.08. The van der Waals surface area contributed by atoms with Gasteiger partial charge >= 0.3 is 0 Å². The summed E-state index contributed by atoms with van der Waals surface area (Å²) in [5, 5.41) is 3.39. The summed E-state index contributed by atoms with van der Waals surface area (Å²) in [4.78, 5) is 11.9. The molecule has 0 amide bonds. The third-order valence-corrected chi connectivity index (χ3v) is 4.38. The molecule has 2 aliphatic rings. The highest BCUT2D eigenvalue weighted by Gasteiger charge is 2.30. The van der Waals surface area contributed by atoms with Crippen LogP contribution in [0.15, 0.2) is 0 Å². The maximum absolute atomic E-state index is 4.85. The van der Waals surface area contributed by atoms with E-state index in [0.29, 0.717) is 12.0 Å². The summed E-state index contributed by atoms with van der Waals surface area (Å²) in [6.45, 7) is 5.17. The third-order valence-electron chi connectivity index (χ3n) is 4.38. The Kier molecular flexibility index (Phi) is 3.33. The van der Waals surface area contributed by atoms with Gasteiger partial charge in [-0.15, -0.1) is 0 Å². The van der Waals surface area contributed by atoms with E-state index in [1.54, 1.807) is 0 Å². The molecule has 0 aliphatic heterocycles. The summed E-state index contributed by atoms with van der Waals surface area (Å²) < 4.78 is 0. The lowest BCUT2D eigenvalue weighted by molar-refractivity contribution is 0.398. The van der Waals surface area contributed by atoms with Gasteiger partial charge in [-0.05, 0) is 46.0 Å². The van der Waals surface area contributed by atoms with E-state index in [4.69, 9.17) is 9.97 Å². The van der Waals surface area contributed by atoms with Crippen LogP contribution in [-0.2, 0) is 0 Å². The van der Waals surface area contributed by atoms with Crippen LogP contribution < -0.4 is 10.2 Å². The maximum Gasteiger partial charge on any atom is 0.137 e. The Hall–Kier alpha value is -1.32. The number of hydrogen-bond donors (Lipinski definition) is 1. The molecule has 0 saturated heterocycles. The van der Waals surface area contributed by atoms with Crippen LogP contribution in [0, 0.1) is 6.92 Å². The van der Waals surface area contributed by atoms with Crippen LogP contribution in [0.2, 0.25) is 0 Å². The van der Waals surface area contributed by atoms with Crippen LogP contribution in [0.4, 0.5) is 11.6 Å². The molecular weight excluding hydrogens is 236 g/mol. The van der Waals surface area contributed by atoms with E-state index < -0.39 is 0 Å². The van der Waals surface area contributed by atoms with E-state index in [9.17, 15) is 0 Å². The van der Waals surface area contributed by atoms with Crippen molar-refractivity contribution in [3.05, 3.63) is 11.4 Å². The molecular formula is C15H24N4. The zero-order chi connectivity index (χ0) is 13.4. The van der Waals surface area contributed by atoms with Gasteiger partial charge in [0.1, 0.15) is 17.5 Å². The minimum absolute atomic E-state index is 0.603. The molecule has 2 aliphatic carbocycles. The molecule has 1 heterocycles. The van der Waals surface area contributed by atoms with Gasteiger partial charge in [0.2, 0.25) is 0 Å². The lowest BCUT2D eigenvalue weighted by atomic mass is 9.91. The molecule has 2 fully saturated rings. The van der Waals surface area contributed by atoms with Gasteiger partial charge in [-0.1, -0.05) is 0 Å². The number of hydrogen-bond acceptors (Lipinski definition) is 4. The number of nitrogens with one attached hydrogen (secondary N) is 1. The summed E-state index contributed by atoms with van der Waals surface area (Å²) in [6, 6.07) is 0.676. The third kappa shape index (κ3) is 2.40. The van der Waals surface area contributed by atoms with Gasteiger partial charge in [0.25, 0.3) is 0 Å². The van der Waals surface area contributed by atoms with Crippen molar-refractivity contribution in [1.82, 2.24) is 9.97 Å². The first kappa shape index (κ1) is 12.7. The van der Waals surface area contributed by atoms with Crippen molar-refractivity contribution >= 4 is 11.6 Å². The normalized spacial score (nSPS) is 19.1. The summed E-state index contributed by atoms with van der Waals surface area (Å²) in [5.41, 5.74) is 1.20. The first-order valence-electron chi connectivity index (χ1n) is 7.56. The Labute approximate surface area is 115 Å². The monoisotopic (exact) mass is 260 g/mol. The SMILES string of the molecule is CCNc1nc(C2CC2)nc(N(C)C2CCC2)c1C. The van der Waals surface area contributed by atoms with E-state index in [1.807, 2.05) is 0 Å². The molecule has 1 aromatic heterocycles. The Balaban J connectivity index is 1.95. The summed E-state index contributed by atoms with van der Waals surface area (Å²) >= 11 is 0. The van der Waals surface area contributed by atoms with Crippen LogP contribution in [0.3, 0.4) is 0 Å².